The first kappa shape index (κ1) is 18.7. The number of hydrogen-bond donors (Lipinski definition) is 1. The van der Waals surface area contributed by atoms with Gasteiger partial charge in [-0.3, -0.25) is 4.79 Å². The molecule has 0 saturated heterocycles. The number of aromatic nitrogens is 1. The van der Waals surface area contributed by atoms with E-state index in [0.717, 1.165) is 19.3 Å². The minimum absolute atomic E-state index is 0.107. The predicted octanol–water partition coefficient (Wildman–Crippen LogP) is 3.94. The zero-order chi connectivity index (χ0) is 17.5. The summed E-state index contributed by atoms with van der Waals surface area (Å²) in [4.78, 5) is 27.8. The summed E-state index contributed by atoms with van der Waals surface area (Å²) < 4.78 is 5.13. The van der Waals surface area contributed by atoms with Crippen molar-refractivity contribution < 1.29 is 14.3 Å². The highest BCUT2D eigenvalue weighted by Gasteiger charge is 2.19. The number of ether oxygens (including phenoxy) is 1. The summed E-state index contributed by atoms with van der Waals surface area (Å²) in [5, 5.41) is 3.05. The minimum Gasteiger partial charge on any atom is -0.449 e. The maximum Gasteiger partial charge on any atom is 0.340 e. The van der Waals surface area contributed by atoms with Gasteiger partial charge in [-0.15, -0.1) is 0 Å². The Kier molecular flexibility index (Phi) is 7.06. The lowest BCUT2D eigenvalue weighted by Gasteiger charge is -2.15. The fourth-order valence-electron chi connectivity index (χ4n) is 2.44. The smallest absolute Gasteiger partial charge is 0.340 e. The van der Waals surface area contributed by atoms with Gasteiger partial charge in [0, 0.05) is 12.7 Å². The predicted molar refractivity (Wildman–Crippen MR) is 93.3 cm³/mol. The standard InChI is InChI=1S/C17H20Cl2N2O3/c1-11(16(22)20-8-7-12-5-3-2-4-6-12)24-17(23)13-9-14(18)15(19)21-10-13/h5,9-11H,2-4,6-8H2,1H3,(H,20,22)/t11-/m0/s1. The number of hydrogen-bond acceptors (Lipinski definition) is 4. The Morgan fingerprint density at radius 2 is 2.17 bits per heavy atom. The van der Waals surface area contributed by atoms with Crippen molar-refractivity contribution in [3.05, 3.63) is 39.7 Å². The normalized spacial score (nSPS) is 15.4. The number of nitrogens with zero attached hydrogens (tertiary/aromatic N) is 1. The van der Waals surface area contributed by atoms with E-state index in [1.54, 1.807) is 0 Å². The summed E-state index contributed by atoms with van der Waals surface area (Å²) >= 11 is 11.5. The molecule has 1 amide bonds. The lowest BCUT2D eigenvalue weighted by molar-refractivity contribution is -0.129. The summed E-state index contributed by atoms with van der Waals surface area (Å²) in [7, 11) is 0. The number of nitrogens with one attached hydrogen (secondary N) is 1. The summed E-state index contributed by atoms with van der Waals surface area (Å²) in [5.41, 5.74) is 1.53. The highest BCUT2D eigenvalue weighted by atomic mass is 35.5. The molecule has 1 aromatic rings. The van der Waals surface area contributed by atoms with Gasteiger partial charge < -0.3 is 10.1 Å². The molecular weight excluding hydrogens is 351 g/mol. The number of esters is 1. The van der Waals surface area contributed by atoms with E-state index < -0.39 is 12.1 Å². The second-order valence-electron chi connectivity index (χ2n) is 5.69. The maximum absolute atomic E-state index is 12.0. The van der Waals surface area contributed by atoms with Crippen LogP contribution >= 0.6 is 23.2 Å². The van der Waals surface area contributed by atoms with Gasteiger partial charge in [0.1, 0.15) is 5.15 Å². The third kappa shape index (κ3) is 5.49. The molecule has 1 aliphatic rings. The van der Waals surface area contributed by atoms with Crippen LogP contribution in [0.1, 0.15) is 49.4 Å². The van der Waals surface area contributed by atoms with Crippen LogP contribution in [0.25, 0.3) is 0 Å². The van der Waals surface area contributed by atoms with Crippen LogP contribution in [0.3, 0.4) is 0 Å². The van der Waals surface area contributed by atoms with Crippen molar-refractivity contribution in [1.29, 1.82) is 0 Å². The molecule has 0 saturated carbocycles. The van der Waals surface area contributed by atoms with Crippen LogP contribution < -0.4 is 5.32 Å². The van der Waals surface area contributed by atoms with E-state index in [9.17, 15) is 9.59 Å². The Morgan fingerprint density at radius 3 is 2.83 bits per heavy atom. The lowest BCUT2D eigenvalue weighted by atomic mass is 9.97. The van der Waals surface area contributed by atoms with Crippen molar-refractivity contribution in [3.8, 4) is 0 Å². The van der Waals surface area contributed by atoms with Crippen LogP contribution in [0.15, 0.2) is 23.9 Å². The van der Waals surface area contributed by atoms with Gasteiger partial charge in [0.2, 0.25) is 0 Å². The summed E-state index contributed by atoms with van der Waals surface area (Å²) in [6.45, 7) is 2.07. The number of carbonyl (C=O) groups excluding carboxylic acids is 2. The van der Waals surface area contributed by atoms with Gasteiger partial charge in [-0.1, -0.05) is 34.9 Å². The molecule has 0 fully saturated rings. The van der Waals surface area contributed by atoms with Crippen LogP contribution in [0.4, 0.5) is 0 Å². The monoisotopic (exact) mass is 370 g/mol. The molecule has 0 radical (unpaired) electrons. The highest BCUT2D eigenvalue weighted by molar-refractivity contribution is 6.41. The van der Waals surface area contributed by atoms with Crippen molar-refractivity contribution in [2.24, 2.45) is 0 Å². The molecule has 7 heteroatoms. The van der Waals surface area contributed by atoms with Gasteiger partial charge in [0.05, 0.1) is 10.6 Å². The molecule has 130 valence electrons. The minimum atomic E-state index is -0.896. The number of halogens is 2. The third-order valence-electron chi connectivity index (χ3n) is 3.82. The number of rotatable bonds is 6. The molecule has 0 unspecified atom stereocenters. The highest BCUT2D eigenvalue weighted by Crippen LogP contribution is 2.21. The van der Waals surface area contributed by atoms with E-state index in [1.165, 1.54) is 37.6 Å². The molecule has 5 nitrogen and oxygen atoms in total. The summed E-state index contributed by atoms with van der Waals surface area (Å²) in [6, 6.07) is 1.36. The molecular formula is C17H20Cl2N2O3. The Hall–Kier alpha value is -1.59. The molecule has 2 rings (SSSR count). The molecule has 1 aliphatic carbocycles. The zero-order valence-electron chi connectivity index (χ0n) is 13.5. The summed E-state index contributed by atoms with van der Waals surface area (Å²) in [5.74, 6) is -0.994. The van der Waals surface area contributed by atoms with Crippen LogP contribution in [0, 0.1) is 0 Å². The summed E-state index contributed by atoms with van der Waals surface area (Å²) in [6.07, 6.45) is 8.13. The first-order valence-electron chi connectivity index (χ1n) is 7.95. The van der Waals surface area contributed by atoms with Crippen LogP contribution in [0.5, 0.6) is 0 Å². The average Bonchev–Trinajstić information content (AvgIpc) is 2.58. The van der Waals surface area contributed by atoms with Gasteiger partial charge in [-0.25, -0.2) is 9.78 Å². The number of allylic oxidation sites excluding steroid dienone is 1. The van der Waals surface area contributed by atoms with E-state index >= 15 is 0 Å². The van der Waals surface area contributed by atoms with Gasteiger partial charge in [0.25, 0.3) is 5.91 Å². The fraction of sp³-hybridized carbons (Fsp3) is 0.471. The Morgan fingerprint density at radius 1 is 1.38 bits per heavy atom. The SMILES string of the molecule is C[C@H](OC(=O)c1cnc(Cl)c(Cl)c1)C(=O)NCCC1=CCCCC1. The second kappa shape index (κ2) is 9.04. The molecule has 1 heterocycles. The fourth-order valence-corrected chi connectivity index (χ4v) is 2.71. The van der Waals surface area contributed by atoms with Crippen molar-refractivity contribution >= 4 is 35.1 Å². The quantitative estimate of drug-likeness (QED) is 0.467. The largest absolute Gasteiger partial charge is 0.449 e. The van der Waals surface area contributed by atoms with Gasteiger partial charge in [0.15, 0.2) is 6.10 Å². The maximum atomic E-state index is 12.0. The van der Waals surface area contributed by atoms with Gasteiger partial charge in [-0.2, -0.15) is 0 Å². The van der Waals surface area contributed by atoms with Crippen molar-refractivity contribution in [1.82, 2.24) is 10.3 Å². The van der Waals surface area contributed by atoms with E-state index in [2.05, 4.69) is 16.4 Å². The van der Waals surface area contributed by atoms with E-state index in [1.807, 2.05) is 0 Å². The molecule has 0 aromatic carbocycles. The molecule has 1 N–H and O–H groups in total. The van der Waals surface area contributed by atoms with Crippen LogP contribution in [-0.4, -0.2) is 29.5 Å². The average molecular weight is 371 g/mol. The molecule has 1 aromatic heterocycles. The molecule has 0 spiro atoms. The van der Waals surface area contributed by atoms with E-state index in [-0.39, 0.29) is 21.6 Å². The molecule has 0 bridgehead atoms. The Balaban J connectivity index is 1.78. The first-order valence-corrected chi connectivity index (χ1v) is 8.70. The molecule has 0 aliphatic heterocycles. The topological polar surface area (TPSA) is 68.3 Å². The number of carbonyl (C=O) groups is 2. The first-order chi connectivity index (χ1) is 11.5. The molecule has 1 atom stereocenters. The number of amides is 1. The third-order valence-corrected chi connectivity index (χ3v) is 4.50. The van der Waals surface area contributed by atoms with Crippen molar-refractivity contribution in [2.75, 3.05) is 6.54 Å². The zero-order valence-corrected chi connectivity index (χ0v) is 15.0. The van der Waals surface area contributed by atoms with E-state index in [0.29, 0.717) is 6.54 Å². The Bertz CT molecular complexity index is 647. The van der Waals surface area contributed by atoms with Crippen LogP contribution in [-0.2, 0) is 9.53 Å². The van der Waals surface area contributed by atoms with Crippen molar-refractivity contribution in [3.63, 3.8) is 0 Å². The Labute approximate surface area is 151 Å². The van der Waals surface area contributed by atoms with Crippen molar-refractivity contribution in [2.45, 2.75) is 45.1 Å². The second-order valence-corrected chi connectivity index (χ2v) is 6.46. The van der Waals surface area contributed by atoms with Gasteiger partial charge in [-0.05, 0) is 45.1 Å². The lowest BCUT2D eigenvalue weighted by Crippen LogP contribution is -2.36. The number of pyridine rings is 1. The van der Waals surface area contributed by atoms with E-state index in [4.69, 9.17) is 27.9 Å². The molecule has 24 heavy (non-hydrogen) atoms. The van der Waals surface area contributed by atoms with Crippen LogP contribution in [0.2, 0.25) is 10.2 Å². The van der Waals surface area contributed by atoms with Gasteiger partial charge >= 0.3 is 5.97 Å².